The summed E-state index contributed by atoms with van der Waals surface area (Å²) in [4.78, 5) is 25.3. The van der Waals surface area contributed by atoms with Crippen molar-refractivity contribution in [3.8, 4) is 11.6 Å². The Morgan fingerprint density at radius 1 is 1.00 bits per heavy atom. The van der Waals surface area contributed by atoms with Crippen LogP contribution in [0.3, 0.4) is 0 Å². The van der Waals surface area contributed by atoms with Crippen LogP contribution in [0.25, 0.3) is 10.9 Å². The highest BCUT2D eigenvalue weighted by Gasteiger charge is 2.20. The van der Waals surface area contributed by atoms with Gasteiger partial charge in [0.2, 0.25) is 5.88 Å². The van der Waals surface area contributed by atoms with Gasteiger partial charge in [-0.15, -0.1) is 10.2 Å². The Hall–Kier alpha value is -4.57. The Bertz CT molecular complexity index is 1460. The van der Waals surface area contributed by atoms with E-state index < -0.39 is 10.8 Å². The lowest BCUT2D eigenvalue weighted by Crippen LogP contribution is -2.22. The normalized spacial score (nSPS) is 13.9. The molecule has 1 aliphatic rings. The third-order valence-electron chi connectivity index (χ3n) is 6.35. The summed E-state index contributed by atoms with van der Waals surface area (Å²) in [5.74, 6) is -0.0215. The summed E-state index contributed by atoms with van der Waals surface area (Å²) in [7, 11) is 0. The number of hydrogen-bond donors (Lipinski definition) is 1. The summed E-state index contributed by atoms with van der Waals surface area (Å²) in [5, 5.41) is 30.4. The maximum Gasteiger partial charge on any atom is 0.295 e. The number of non-ortho nitro benzene ring substituents is 1. The van der Waals surface area contributed by atoms with E-state index in [1.54, 1.807) is 41.0 Å². The molecule has 1 aromatic heterocycles. The summed E-state index contributed by atoms with van der Waals surface area (Å²) in [6.07, 6.45) is 2.28. The van der Waals surface area contributed by atoms with Crippen LogP contribution in [-0.4, -0.2) is 38.5 Å². The number of para-hydroxylation sites is 1. The average Bonchev–Trinajstić information content (AvgIpc) is 3.53. The summed E-state index contributed by atoms with van der Waals surface area (Å²) < 4.78 is 7.50. The van der Waals surface area contributed by atoms with Crippen molar-refractivity contribution in [3.05, 3.63) is 94.0 Å². The van der Waals surface area contributed by atoms with Gasteiger partial charge < -0.3 is 9.84 Å². The lowest BCUT2D eigenvalue weighted by atomic mass is 10.2. The van der Waals surface area contributed by atoms with Crippen LogP contribution in [0.15, 0.2) is 83.0 Å². The Balaban J connectivity index is 1.27. The minimum absolute atomic E-state index is 0.0142. The van der Waals surface area contributed by atoms with Crippen molar-refractivity contribution in [1.29, 1.82) is 0 Å². The number of aromatic nitrogens is 1. The van der Waals surface area contributed by atoms with Crippen LogP contribution in [0.1, 0.15) is 28.8 Å². The highest BCUT2D eigenvalue weighted by molar-refractivity contribution is 5.97. The topological polar surface area (TPSA) is 123 Å². The predicted octanol–water partition coefficient (Wildman–Crippen LogP) is 5.81. The fourth-order valence-electron chi connectivity index (χ4n) is 4.36. The largest absolute Gasteiger partial charge is 0.493 e. The van der Waals surface area contributed by atoms with E-state index in [-0.39, 0.29) is 23.9 Å². The lowest BCUT2D eigenvalue weighted by molar-refractivity contribution is -0.384. The molecule has 2 heterocycles. The Labute approximate surface area is 212 Å². The first-order valence-electron chi connectivity index (χ1n) is 11.9. The number of aromatic hydroxyl groups is 1. The lowest BCUT2D eigenvalue weighted by Gasteiger charge is -2.17. The van der Waals surface area contributed by atoms with Crippen molar-refractivity contribution in [3.63, 3.8) is 0 Å². The molecule has 5 rings (SSSR count). The summed E-state index contributed by atoms with van der Waals surface area (Å²) in [6.45, 7) is 2.74. The molecule has 1 N–H and O–H groups in total. The second-order valence-electron chi connectivity index (χ2n) is 8.83. The van der Waals surface area contributed by atoms with Gasteiger partial charge in [0.1, 0.15) is 12.4 Å². The molecular weight excluding hydrogens is 474 g/mol. The van der Waals surface area contributed by atoms with E-state index in [4.69, 9.17) is 4.74 Å². The number of nitrogens with zero attached hydrogens (tertiary/aromatic N) is 5. The van der Waals surface area contributed by atoms with Crippen molar-refractivity contribution in [2.45, 2.75) is 26.1 Å². The molecule has 10 heteroatoms. The molecule has 1 amide bonds. The first-order chi connectivity index (χ1) is 18.0. The summed E-state index contributed by atoms with van der Waals surface area (Å²) >= 11 is 0. The number of carbonyl (C=O) groups is 1. The number of amides is 1. The quantitative estimate of drug-likeness (QED) is 0.185. The predicted molar refractivity (Wildman–Crippen MR) is 137 cm³/mol. The minimum atomic E-state index is -0.544. The molecule has 3 aromatic carbocycles. The van der Waals surface area contributed by atoms with Crippen molar-refractivity contribution in [1.82, 2.24) is 9.47 Å². The minimum Gasteiger partial charge on any atom is -0.493 e. The number of nitro benzene ring substituents is 1. The van der Waals surface area contributed by atoms with Crippen molar-refractivity contribution >= 4 is 28.2 Å². The Kier molecular flexibility index (Phi) is 6.91. The van der Waals surface area contributed by atoms with E-state index >= 15 is 0 Å². The van der Waals surface area contributed by atoms with Crippen LogP contribution in [0.2, 0.25) is 0 Å². The highest BCUT2D eigenvalue weighted by Crippen LogP contribution is 2.39. The van der Waals surface area contributed by atoms with Gasteiger partial charge in [0.05, 0.1) is 17.1 Å². The van der Waals surface area contributed by atoms with Gasteiger partial charge in [-0.05, 0) is 74.0 Å². The number of azo groups is 1. The van der Waals surface area contributed by atoms with Crippen molar-refractivity contribution in [2.75, 3.05) is 13.1 Å². The maximum atomic E-state index is 12.7. The number of ether oxygens (including phenoxy) is 1. The zero-order valence-electron chi connectivity index (χ0n) is 20.0. The van der Waals surface area contributed by atoms with Crippen molar-refractivity contribution in [2.24, 2.45) is 10.2 Å². The number of benzene rings is 3. The molecule has 0 bridgehead atoms. The first kappa shape index (κ1) is 24.1. The Morgan fingerprint density at radius 3 is 2.41 bits per heavy atom. The fraction of sp³-hybridized carbons (Fsp3) is 0.222. The molecule has 0 aliphatic carbocycles. The fourth-order valence-corrected chi connectivity index (χ4v) is 4.36. The van der Waals surface area contributed by atoms with E-state index in [0.717, 1.165) is 42.4 Å². The van der Waals surface area contributed by atoms with Crippen molar-refractivity contribution < 1.29 is 19.6 Å². The van der Waals surface area contributed by atoms with E-state index in [9.17, 15) is 20.0 Å². The van der Waals surface area contributed by atoms with Gasteiger partial charge in [0, 0.05) is 23.1 Å². The van der Waals surface area contributed by atoms with Crippen LogP contribution in [0.4, 0.5) is 11.4 Å². The zero-order valence-corrected chi connectivity index (χ0v) is 20.0. The van der Waals surface area contributed by atoms with E-state index in [1.165, 1.54) is 12.1 Å². The van der Waals surface area contributed by atoms with Crippen LogP contribution in [0, 0.1) is 10.1 Å². The van der Waals surface area contributed by atoms with Gasteiger partial charge in [-0.1, -0.05) is 18.2 Å². The monoisotopic (exact) mass is 499 g/mol. The van der Waals surface area contributed by atoms with Crippen LogP contribution in [-0.2, 0) is 13.3 Å². The molecule has 1 aliphatic heterocycles. The third kappa shape index (κ3) is 5.34. The van der Waals surface area contributed by atoms with E-state index in [2.05, 4.69) is 15.1 Å². The molecule has 1 fully saturated rings. The number of rotatable bonds is 8. The molecule has 0 spiro atoms. The maximum absolute atomic E-state index is 12.7. The molecule has 0 atom stereocenters. The molecule has 188 valence electrons. The first-order valence-corrected chi connectivity index (χ1v) is 11.9. The number of hydrogen-bond acceptors (Lipinski definition) is 7. The molecular formula is C27H25N5O5. The van der Waals surface area contributed by atoms with Crippen LogP contribution >= 0.6 is 0 Å². The SMILES string of the molecule is O=C(N=Nc1c(O)n(CN2CCCC2)c2ccccc12)c1ccc(OCc2ccc([N+](=O)[O-])cc2)cc1. The van der Waals surface area contributed by atoms with E-state index in [1.807, 2.05) is 24.3 Å². The standard InChI is InChI=1S/C27H25N5O5/c33-26(20-9-13-22(14-10-20)37-17-19-7-11-21(12-8-19)32(35)36)29-28-25-23-5-1-2-6-24(23)31(27(25)34)18-30-15-3-4-16-30/h1-2,5-14,34H,3-4,15-18H2. The molecule has 37 heavy (non-hydrogen) atoms. The molecule has 0 unspecified atom stereocenters. The number of likely N-dealkylation sites (tertiary alicyclic amines) is 1. The molecule has 10 nitrogen and oxygen atoms in total. The Morgan fingerprint density at radius 2 is 1.70 bits per heavy atom. The molecule has 4 aromatic rings. The number of fused-ring (bicyclic) bond motifs is 1. The second kappa shape index (κ2) is 10.6. The highest BCUT2D eigenvalue weighted by atomic mass is 16.6. The third-order valence-corrected chi connectivity index (χ3v) is 6.35. The average molecular weight is 500 g/mol. The smallest absolute Gasteiger partial charge is 0.295 e. The van der Waals surface area contributed by atoms with Gasteiger partial charge in [0.25, 0.3) is 11.6 Å². The van der Waals surface area contributed by atoms with E-state index in [0.29, 0.717) is 18.0 Å². The summed E-state index contributed by atoms with van der Waals surface area (Å²) in [6, 6.07) is 20.1. The van der Waals surface area contributed by atoms with Gasteiger partial charge >= 0.3 is 0 Å². The van der Waals surface area contributed by atoms with Gasteiger partial charge in [0.15, 0.2) is 5.69 Å². The second-order valence-corrected chi connectivity index (χ2v) is 8.83. The zero-order chi connectivity index (χ0) is 25.8. The summed E-state index contributed by atoms with van der Waals surface area (Å²) in [5.41, 5.74) is 2.23. The number of carbonyl (C=O) groups excluding carboxylic acids is 1. The van der Waals surface area contributed by atoms with Crippen LogP contribution in [0.5, 0.6) is 11.6 Å². The van der Waals surface area contributed by atoms with Gasteiger partial charge in [-0.25, -0.2) is 0 Å². The van der Waals surface area contributed by atoms with Crippen LogP contribution < -0.4 is 4.74 Å². The number of nitro groups is 1. The molecule has 1 saturated heterocycles. The molecule has 0 radical (unpaired) electrons. The van der Waals surface area contributed by atoms with Gasteiger partial charge in [-0.3, -0.25) is 24.4 Å². The molecule has 0 saturated carbocycles. The van der Waals surface area contributed by atoms with Gasteiger partial charge in [-0.2, -0.15) is 0 Å².